The molecule has 0 bridgehead atoms. The van der Waals surface area contributed by atoms with Crippen molar-refractivity contribution in [2.24, 2.45) is 4.99 Å². The zero-order valence-electron chi connectivity index (χ0n) is 10.5. The molecular formula is C15H15N3O. The number of nitrogens with zero attached hydrogens (tertiary/aromatic N) is 1. The summed E-state index contributed by atoms with van der Waals surface area (Å²) < 4.78 is 0. The third-order valence-electron chi connectivity index (χ3n) is 3.30. The lowest BCUT2D eigenvalue weighted by atomic mass is 10.0. The highest BCUT2D eigenvalue weighted by atomic mass is 16.1. The first kappa shape index (κ1) is 11.7. The number of hydrogen-bond donors (Lipinski definition) is 2. The number of nitrogen functional groups attached to an aromatic ring is 1. The van der Waals surface area contributed by atoms with E-state index in [0.29, 0.717) is 5.69 Å². The Kier molecular flexibility index (Phi) is 2.91. The van der Waals surface area contributed by atoms with E-state index in [1.54, 1.807) is 12.2 Å². The second kappa shape index (κ2) is 4.72. The summed E-state index contributed by atoms with van der Waals surface area (Å²) in [5.41, 5.74) is 10.5. The van der Waals surface area contributed by atoms with E-state index in [1.807, 2.05) is 6.07 Å². The van der Waals surface area contributed by atoms with Gasteiger partial charge in [0.15, 0.2) is 5.78 Å². The van der Waals surface area contributed by atoms with E-state index < -0.39 is 0 Å². The van der Waals surface area contributed by atoms with Crippen LogP contribution in [0, 0.1) is 0 Å². The molecule has 0 amide bonds. The Morgan fingerprint density at radius 1 is 1.16 bits per heavy atom. The lowest BCUT2D eigenvalue weighted by Crippen LogP contribution is -2.12. The Hall–Kier alpha value is -2.36. The fraction of sp³-hybridized carbons (Fsp3) is 0.200. The summed E-state index contributed by atoms with van der Waals surface area (Å²) in [5.74, 6) is -0.0138. The number of nitrogens with one attached hydrogen (secondary N) is 1. The molecule has 1 aromatic rings. The van der Waals surface area contributed by atoms with Gasteiger partial charge in [0.05, 0.1) is 17.1 Å². The molecule has 0 radical (unpaired) electrons. The number of nitrogens with two attached hydrogens (primary N) is 1. The van der Waals surface area contributed by atoms with Crippen molar-refractivity contribution in [1.29, 1.82) is 0 Å². The second-order valence-electron chi connectivity index (χ2n) is 4.67. The predicted octanol–water partition coefficient (Wildman–Crippen LogP) is 2.39. The van der Waals surface area contributed by atoms with Crippen LogP contribution in [-0.2, 0) is 11.2 Å². The molecule has 96 valence electrons. The molecule has 1 heterocycles. The number of ketones is 1. The smallest absolute Gasteiger partial charge is 0.178 e. The van der Waals surface area contributed by atoms with Crippen LogP contribution in [0.3, 0.4) is 0 Å². The van der Waals surface area contributed by atoms with E-state index in [2.05, 4.69) is 16.4 Å². The molecule has 1 aliphatic heterocycles. The molecule has 0 saturated heterocycles. The molecule has 1 aliphatic carbocycles. The molecule has 0 fully saturated rings. The van der Waals surface area contributed by atoms with Crippen LogP contribution in [0.1, 0.15) is 12.0 Å². The van der Waals surface area contributed by atoms with Crippen LogP contribution in [-0.4, -0.2) is 18.0 Å². The number of aliphatic imine (C=N–C) groups is 1. The number of aryl methyl sites for hydroxylation is 1. The number of rotatable bonds is 1. The number of fused-ring (bicyclic) bond motifs is 1. The minimum absolute atomic E-state index is 0.0138. The monoisotopic (exact) mass is 253 g/mol. The molecule has 4 heteroatoms. The summed E-state index contributed by atoms with van der Waals surface area (Å²) in [5, 5.41) is 3.37. The van der Waals surface area contributed by atoms with Crippen LogP contribution in [0.15, 0.2) is 41.4 Å². The van der Waals surface area contributed by atoms with Gasteiger partial charge in [0.2, 0.25) is 0 Å². The van der Waals surface area contributed by atoms with Crippen molar-refractivity contribution in [2.75, 3.05) is 17.6 Å². The number of anilines is 2. The number of carbonyl (C=O) groups is 1. The number of carbonyl (C=O) groups excluding carboxylic acids is 1. The standard InChI is InChI=1S/C15H15N3O/c16-13-8-3-10-2-1-9-17-14(10)15(13)18-11-4-6-12(19)7-5-11/h3-8,17H,1-2,9,16H2. The van der Waals surface area contributed by atoms with E-state index in [9.17, 15) is 4.79 Å². The quantitative estimate of drug-likeness (QED) is 0.596. The van der Waals surface area contributed by atoms with Crippen molar-refractivity contribution in [3.05, 3.63) is 42.0 Å². The fourth-order valence-electron chi connectivity index (χ4n) is 2.32. The van der Waals surface area contributed by atoms with E-state index in [0.717, 1.165) is 36.5 Å². The zero-order valence-corrected chi connectivity index (χ0v) is 10.5. The maximum Gasteiger partial charge on any atom is 0.178 e. The topological polar surface area (TPSA) is 67.5 Å². The Labute approximate surface area is 111 Å². The van der Waals surface area contributed by atoms with Crippen LogP contribution in [0.2, 0.25) is 0 Å². The summed E-state index contributed by atoms with van der Waals surface area (Å²) >= 11 is 0. The summed E-state index contributed by atoms with van der Waals surface area (Å²) in [4.78, 5) is 15.7. The maximum absolute atomic E-state index is 11.1. The molecule has 3 N–H and O–H groups in total. The van der Waals surface area contributed by atoms with Gasteiger partial charge in [0.25, 0.3) is 0 Å². The lowest BCUT2D eigenvalue weighted by molar-refractivity contribution is -0.110. The van der Waals surface area contributed by atoms with E-state index >= 15 is 0 Å². The van der Waals surface area contributed by atoms with E-state index in [-0.39, 0.29) is 5.78 Å². The first-order chi connectivity index (χ1) is 9.24. The zero-order chi connectivity index (χ0) is 13.2. The fourth-order valence-corrected chi connectivity index (χ4v) is 2.32. The van der Waals surface area contributed by atoms with Gasteiger partial charge >= 0.3 is 0 Å². The van der Waals surface area contributed by atoms with Crippen LogP contribution in [0.5, 0.6) is 0 Å². The van der Waals surface area contributed by atoms with Crippen LogP contribution in [0.4, 0.5) is 17.1 Å². The summed E-state index contributed by atoms with van der Waals surface area (Å²) in [6.07, 6.45) is 8.62. The highest BCUT2D eigenvalue weighted by molar-refractivity contribution is 6.17. The van der Waals surface area contributed by atoms with Gasteiger partial charge in [-0.25, -0.2) is 4.99 Å². The highest BCUT2D eigenvalue weighted by Gasteiger charge is 2.15. The van der Waals surface area contributed by atoms with Crippen LogP contribution < -0.4 is 11.1 Å². The number of hydrogen-bond acceptors (Lipinski definition) is 4. The highest BCUT2D eigenvalue weighted by Crippen LogP contribution is 2.37. The van der Waals surface area contributed by atoms with Gasteiger partial charge in [-0.1, -0.05) is 6.07 Å². The minimum atomic E-state index is -0.0138. The van der Waals surface area contributed by atoms with Gasteiger partial charge in [0.1, 0.15) is 5.69 Å². The first-order valence-electron chi connectivity index (χ1n) is 6.38. The molecule has 19 heavy (non-hydrogen) atoms. The molecule has 1 aromatic carbocycles. The Morgan fingerprint density at radius 3 is 2.74 bits per heavy atom. The van der Waals surface area contributed by atoms with Gasteiger partial charge < -0.3 is 11.1 Å². The van der Waals surface area contributed by atoms with Crippen LogP contribution >= 0.6 is 0 Å². The average Bonchev–Trinajstić information content (AvgIpc) is 2.44. The molecule has 0 spiro atoms. The summed E-state index contributed by atoms with van der Waals surface area (Å²) in [6, 6.07) is 3.95. The number of benzene rings is 1. The van der Waals surface area contributed by atoms with E-state index in [1.165, 1.54) is 17.7 Å². The van der Waals surface area contributed by atoms with Crippen molar-refractivity contribution in [1.82, 2.24) is 0 Å². The molecule has 0 atom stereocenters. The van der Waals surface area contributed by atoms with Crippen molar-refractivity contribution in [3.8, 4) is 0 Å². The second-order valence-corrected chi connectivity index (χ2v) is 4.67. The van der Waals surface area contributed by atoms with Crippen molar-refractivity contribution < 1.29 is 4.79 Å². The summed E-state index contributed by atoms with van der Waals surface area (Å²) in [6.45, 7) is 0.943. The molecule has 4 nitrogen and oxygen atoms in total. The molecule has 0 unspecified atom stereocenters. The van der Waals surface area contributed by atoms with Gasteiger partial charge in [-0.15, -0.1) is 0 Å². The Morgan fingerprint density at radius 2 is 1.95 bits per heavy atom. The molecule has 0 aromatic heterocycles. The SMILES string of the molecule is Nc1ccc2c(c1N=C1C=CC(=O)C=C1)NCCC2. The average molecular weight is 253 g/mol. The van der Waals surface area contributed by atoms with Gasteiger partial charge in [-0.3, -0.25) is 4.79 Å². The van der Waals surface area contributed by atoms with Crippen LogP contribution in [0.25, 0.3) is 0 Å². The molecular weight excluding hydrogens is 238 g/mol. The normalized spacial score (nSPS) is 17.1. The molecule has 3 rings (SSSR count). The third-order valence-corrected chi connectivity index (χ3v) is 3.30. The lowest BCUT2D eigenvalue weighted by Gasteiger charge is -2.21. The first-order valence-corrected chi connectivity index (χ1v) is 6.38. The predicted molar refractivity (Wildman–Crippen MR) is 78.0 cm³/mol. The Bertz CT molecular complexity index is 609. The minimum Gasteiger partial charge on any atom is -0.397 e. The van der Waals surface area contributed by atoms with Crippen molar-refractivity contribution in [2.45, 2.75) is 12.8 Å². The summed E-state index contributed by atoms with van der Waals surface area (Å²) in [7, 11) is 0. The van der Waals surface area contributed by atoms with Gasteiger partial charge in [-0.2, -0.15) is 0 Å². The maximum atomic E-state index is 11.1. The van der Waals surface area contributed by atoms with Crippen molar-refractivity contribution >= 4 is 28.6 Å². The largest absolute Gasteiger partial charge is 0.397 e. The van der Waals surface area contributed by atoms with Gasteiger partial charge in [0, 0.05) is 6.54 Å². The number of allylic oxidation sites excluding steroid dienone is 4. The van der Waals surface area contributed by atoms with Gasteiger partial charge in [-0.05, 0) is 48.8 Å². The Balaban J connectivity index is 2.05. The molecule has 2 aliphatic rings. The molecule has 0 saturated carbocycles. The third kappa shape index (κ3) is 2.29. The van der Waals surface area contributed by atoms with E-state index in [4.69, 9.17) is 5.73 Å². The van der Waals surface area contributed by atoms with Crippen molar-refractivity contribution in [3.63, 3.8) is 0 Å².